The van der Waals surface area contributed by atoms with Crippen molar-refractivity contribution >= 4 is 0 Å². The third kappa shape index (κ3) is 1.85. The van der Waals surface area contributed by atoms with E-state index in [2.05, 4.69) is 4.98 Å². The van der Waals surface area contributed by atoms with Crippen LogP contribution in [0.1, 0.15) is 5.56 Å². The molecule has 0 amide bonds. The van der Waals surface area contributed by atoms with Crippen LogP contribution < -0.4 is 9.47 Å². The Morgan fingerprint density at radius 1 is 1.25 bits per heavy atom. The van der Waals surface area contributed by atoms with E-state index >= 15 is 0 Å². The summed E-state index contributed by atoms with van der Waals surface area (Å²) in [5.41, 5.74) is 0.610. The van der Waals surface area contributed by atoms with Gasteiger partial charge in [0.1, 0.15) is 6.61 Å². The van der Waals surface area contributed by atoms with Crippen LogP contribution in [0.2, 0.25) is 0 Å². The molecule has 0 fully saturated rings. The first-order valence-electron chi connectivity index (χ1n) is 3.47. The van der Waals surface area contributed by atoms with Crippen LogP contribution in [0.3, 0.4) is 0 Å². The van der Waals surface area contributed by atoms with Crippen LogP contribution in [0.15, 0.2) is 12.1 Å². The molecule has 1 heterocycles. The van der Waals surface area contributed by atoms with Gasteiger partial charge in [-0.3, -0.25) is 0 Å². The molecule has 0 saturated carbocycles. The lowest BCUT2D eigenvalue weighted by Gasteiger charge is -2.04. The minimum absolute atomic E-state index is 0.296. The number of aromatic nitrogens is 1. The van der Waals surface area contributed by atoms with Gasteiger partial charge in [-0.1, -0.05) is 0 Å². The summed E-state index contributed by atoms with van der Waals surface area (Å²) >= 11 is 0. The van der Waals surface area contributed by atoms with E-state index in [1.165, 1.54) is 14.2 Å². The molecule has 0 atom stereocenters. The highest BCUT2D eigenvalue weighted by molar-refractivity contribution is 5.27. The molecule has 0 aliphatic carbocycles. The van der Waals surface area contributed by atoms with Crippen LogP contribution in [-0.4, -0.2) is 19.2 Å². The van der Waals surface area contributed by atoms with E-state index in [-0.39, 0.29) is 6.61 Å². The van der Waals surface area contributed by atoms with Gasteiger partial charge >= 0.3 is 0 Å². The Hall–Kier alpha value is -1.29. The molecule has 65 valence electrons. The van der Waals surface area contributed by atoms with E-state index < -0.39 is 0 Å². The Labute approximate surface area is 70.8 Å². The van der Waals surface area contributed by atoms with E-state index in [9.17, 15) is 5.11 Å². The first kappa shape index (κ1) is 8.80. The number of ether oxygens (including phenoxy) is 2. The minimum Gasteiger partial charge on any atom is -0.481 e. The third-order valence-corrected chi connectivity index (χ3v) is 1.42. The molecular weight excluding hydrogens is 158 g/mol. The van der Waals surface area contributed by atoms with Crippen LogP contribution in [0.5, 0.6) is 11.8 Å². The summed E-state index contributed by atoms with van der Waals surface area (Å²) in [6.07, 6.45) is 0. The average Bonchev–Trinajstić information content (AvgIpc) is 2.16. The second kappa shape index (κ2) is 3.92. The van der Waals surface area contributed by atoms with E-state index in [1.807, 2.05) is 0 Å². The fraction of sp³-hybridized carbons (Fsp3) is 0.375. The van der Waals surface area contributed by atoms with Crippen LogP contribution in [-0.2, 0) is 11.7 Å². The highest BCUT2D eigenvalue weighted by Crippen LogP contribution is 2.17. The summed E-state index contributed by atoms with van der Waals surface area (Å²) in [6.45, 7) is -0.296. The second-order valence-corrected chi connectivity index (χ2v) is 2.20. The van der Waals surface area contributed by atoms with Gasteiger partial charge in [0.25, 0.3) is 0 Å². The third-order valence-electron chi connectivity index (χ3n) is 1.42. The summed E-state index contributed by atoms with van der Waals surface area (Å²) in [5, 5.41) is 10.5. The minimum atomic E-state index is -0.296. The molecule has 1 radical (unpaired) electrons. The molecule has 4 nitrogen and oxygen atoms in total. The Morgan fingerprint density at radius 3 is 2.08 bits per heavy atom. The molecule has 0 aromatic carbocycles. The largest absolute Gasteiger partial charge is 0.481 e. The number of methoxy groups -OCH3 is 2. The van der Waals surface area contributed by atoms with Crippen molar-refractivity contribution in [2.75, 3.05) is 14.2 Å². The molecule has 0 aliphatic heterocycles. The average molecular weight is 168 g/mol. The van der Waals surface area contributed by atoms with Gasteiger partial charge in [-0.15, -0.1) is 0 Å². The Bertz CT molecular complexity index is 207. The van der Waals surface area contributed by atoms with Crippen LogP contribution in [0, 0.1) is 0 Å². The summed E-state index contributed by atoms with van der Waals surface area (Å²) < 4.78 is 9.74. The van der Waals surface area contributed by atoms with Crippen molar-refractivity contribution in [3.63, 3.8) is 0 Å². The van der Waals surface area contributed by atoms with Gasteiger partial charge in [0.2, 0.25) is 11.8 Å². The van der Waals surface area contributed by atoms with Crippen molar-refractivity contribution in [1.29, 1.82) is 0 Å². The van der Waals surface area contributed by atoms with Crippen LogP contribution in [0.25, 0.3) is 0 Å². The fourth-order valence-corrected chi connectivity index (χ4v) is 0.824. The molecule has 0 N–H and O–H groups in total. The van der Waals surface area contributed by atoms with Gasteiger partial charge in [0, 0.05) is 12.1 Å². The number of rotatable bonds is 3. The van der Waals surface area contributed by atoms with Crippen LogP contribution >= 0.6 is 0 Å². The Morgan fingerprint density at radius 2 is 1.75 bits per heavy atom. The van der Waals surface area contributed by atoms with Crippen molar-refractivity contribution in [3.05, 3.63) is 17.7 Å². The fourth-order valence-electron chi connectivity index (χ4n) is 0.824. The van der Waals surface area contributed by atoms with Crippen LogP contribution in [0.4, 0.5) is 0 Å². The van der Waals surface area contributed by atoms with Gasteiger partial charge in [-0.05, 0) is 5.56 Å². The molecule has 0 aliphatic rings. The summed E-state index contributed by atoms with van der Waals surface area (Å²) in [7, 11) is 2.99. The monoisotopic (exact) mass is 168 g/mol. The lowest BCUT2D eigenvalue weighted by molar-refractivity contribution is 0.176. The van der Waals surface area contributed by atoms with E-state index in [0.717, 1.165) is 0 Å². The topological polar surface area (TPSA) is 51.2 Å². The number of hydrogen-bond acceptors (Lipinski definition) is 3. The molecule has 12 heavy (non-hydrogen) atoms. The SMILES string of the molecule is COc1cc(C[O])cc(OC)n1. The first-order chi connectivity index (χ1) is 5.80. The van der Waals surface area contributed by atoms with Gasteiger partial charge < -0.3 is 9.47 Å². The number of hydrogen-bond donors (Lipinski definition) is 0. The molecule has 1 rings (SSSR count). The van der Waals surface area contributed by atoms with Gasteiger partial charge in [0.05, 0.1) is 14.2 Å². The normalized spacial score (nSPS) is 9.58. The second-order valence-electron chi connectivity index (χ2n) is 2.20. The zero-order valence-corrected chi connectivity index (χ0v) is 7.03. The number of nitrogens with zero attached hydrogens (tertiary/aromatic N) is 1. The van der Waals surface area contributed by atoms with Crippen molar-refractivity contribution in [2.45, 2.75) is 6.61 Å². The molecule has 0 saturated heterocycles. The van der Waals surface area contributed by atoms with E-state index in [1.54, 1.807) is 12.1 Å². The van der Waals surface area contributed by atoms with Gasteiger partial charge in [-0.2, -0.15) is 4.98 Å². The maximum absolute atomic E-state index is 10.5. The standard InChI is InChI=1S/C8H10NO3/c1-11-7-3-6(5-10)4-8(9-7)12-2/h3-4H,5H2,1-2H3. The quantitative estimate of drug-likeness (QED) is 0.677. The Kier molecular flexibility index (Phi) is 2.88. The first-order valence-corrected chi connectivity index (χ1v) is 3.47. The zero-order valence-electron chi connectivity index (χ0n) is 7.03. The smallest absolute Gasteiger partial charge is 0.216 e. The number of pyridine rings is 1. The van der Waals surface area contributed by atoms with Crippen molar-refractivity contribution < 1.29 is 14.6 Å². The van der Waals surface area contributed by atoms with E-state index in [0.29, 0.717) is 17.3 Å². The molecule has 1 aromatic rings. The summed E-state index contributed by atoms with van der Waals surface area (Å²) in [6, 6.07) is 3.19. The van der Waals surface area contributed by atoms with Gasteiger partial charge in [-0.25, -0.2) is 5.11 Å². The molecule has 0 unspecified atom stereocenters. The van der Waals surface area contributed by atoms with E-state index in [4.69, 9.17) is 9.47 Å². The summed E-state index contributed by atoms with van der Waals surface area (Å²) in [5.74, 6) is 0.806. The van der Waals surface area contributed by atoms with Crippen molar-refractivity contribution in [1.82, 2.24) is 4.98 Å². The highest BCUT2D eigenvalue weighted by Gasteiger charge is 2.01. The lowest BCUT2D eigenvalue weighted by Crippen LogP contribution is -1.94. The zero-order chi connectivity index (χ0) is 8.97. The van der Waals surface area contributed by atoms with Crippen molar-refractivity contribution in [2.24, 2.45) is 0 Å². The molecule has 4 heteroatoms. The highest BCUT2D eigenvalue weighted by atomic mass is 16.5. The van der Waals surface area contributed by atoms with Gasteiger partial charge in [0.15, 0.2) is 0 Å². The Balaban J connectivity index is 3.01. The predicted molar refractivity (Wildman–Crippen MR) is 41.7 cm³/mol. The van der Waals surface area contributed by atoms with Crippen molar-refractivity contribution in [3.8, 4) is 11.8 Å². The molecule has 0 spiro atoms. The maximum Gasteiger partial charge on any atom is 0.216 e. The molecule has 1 aromatic heterocycles. The molecular formula is C8H10NO3. The molecule has 0 bridgehead atoms. The lowest BCUT2D eigenvalue weighted by atomic mass is 10.3. The predicted octanol–water partition coefficient (Wildman–Crippen LogP) is 1.03. The maximum atomic E-state index is 10.5. The summed E-state index contributed by atoms with van der Waals surface area (Å²) in [4.78, 5) is 3.93.